The van der Waals surface area contributed by atoms with Crippen LogP contribution in [-0.4, -0.2) is 18.1 Å². The highest BCUT2D eigenvalue weighted by Crippen LogP contribution is 2.26. The highest BCUT2D eigenvalue weighted by atomic mass is 19.1. The Balaban J connectivity index is 2.29. The predicted octanol–water partition coefficient (Wildman–Crippen LogP) is 2.76. The van der Waals surface area contributed by atoms with Crippen molar-refractivity contribution < 1.29 is 13.9 Å². The maximum atomic E-state index is 14.0. The van der Waals surface area contributed by atoms with Crippen LogP contribution in [0.3, 0.4) is 0 Å². The van der Waals surface area contributed by atoms with Crippen molar-refractivity contribution in [2.75, 3.05) is 18.2 Å². The van der Waals surface area contributed by atoms with Gasteiger partial charge in [0.25, 0.3) is 0 Å². The molecule has 1 aromatic carbocycles. The number of nitrogens with two attached hydrogens (primary N) is 1. The fourth-order valence-electron chi connectivity index (χ4n) is 1.95. The van der Waals surface area contributed by atoms with Crippen LogP contribution < -0.4 is 11.1 Å². The van der Waals surface area contributed by atoms with E-state index in [-0.39, 0.29) is 23.0 Å². The Bertz CT molecular complexity index is 647. The minimum atomic E-state index is -0.605. The summed E-state index contributed by atoms with van der Waals surface area (Å²) >= 11 is 0. The number of nitrogens with zero attached hydrogens (tertiary/aromatic N) is 1. The predicted molar refractivity (Wildman–Crippen MR) is 78.4 cm³/mol. The Morgan fingerprint density at radius 2 is 2.05 bits per heavy atom. The van der Waals surface area contributed by atoms with Crippen LogP contribution in [0.25, 0.3) is 0 Å². The molecule has 0 bridgehead atoms. The number of anilines is 2. The van der Waals surface area contributed by atoms with Gasteiger partial charge < -0.3 is 15.8 Å². The Hall–Kier alpha value is -2.63. The number of halogens is 1. The van der Waals surface area contributed by atoms with Crippen LogP contribution in [0.5, 0.6) is 0 Å². The molecule has 6 heteroatoms. The number of aromatic nitrogens is 1. The van der Waals surface area contributed by atoms with Crippen LogP contribution in [-0.2, 0) is 4.74 Å². The summed E-state index contributed by atoms with van der Waals surface area (Å²) in [6.07, 6.45) is 3.32. The first kappa shape index (κ1) is 14.8. The molecular weight excluding hydrogens is 273 g/mol. The van der Waals surface area contributed by atoms with E-state index >= 15 is 0 Å². The van der Waals surface area contributed by atoms with E-state index in [9.17, 15) is 9.18 Å². The summed E-state index contributed by atoms with van der Waals surface area (Å²) in [6, 6.07) is 5.96. The Morgan fingerprint density at radius 3 is 2.67 bits per heavy atom. The number of hydrogen-bond acceptors (Lipinski definition) is 5. The van der Waals surface area contributed by atoms with Crippen molar-refractivity contribution in [1.29, 1.82) is 0 Å². The molecule has 2 rings (SSSR count). The fourth-order valence-corrected chi connectivity index (χ4v) is 1.95. The van der Waals surface area contributed by atoms with Gasteiger partial charge in [-0.05, 0) is 36.8 Å². The van der Waals surface area contributed by atoms with Crippen molar-refractivity contribution in [3.8, 4) is 0 Å². The van der Waals surface area contributed by atoms with E-state index in [1.165, 1.54) is 13.2 Å². The topological polar surface area (TPSA) is 77.2 Å². The standard InChI is InChI=1S/C15H16FN3O2/c1-9(10-3-5-18-6-4-10)19-14-7-11(15(20)21-2)13(17)8-12(14)16/h3-9,19H,17H2,1-2H3. The first-order valence-electron chi connectivity index (χ1n) is 6.36. The molecule has 2 aromatic rings. The Labute approximate surface area is 121 Å². The average Bonchev–Trinajstić information content (AvgIpc) is 2.50. The summed E-state index contributed by atoms with van der Waals surface area (Å²) < 4.78 is 18.6. The zero-order valence-corrected chi connectivity index (χ0v) is 11.8. The van der Waals surface area contributed by atoms with E-state index in [2.05, 4.69) is 15.0 Å². The molecule has 0 fully saturated rings. The number of methoxy groups -OCH3 is 1. The van der Waals surface area contributed by atoms with Gasteiger partial charge in [-0.2, -0.15) is 0 Å². The van der Waals surface area contributed by atoms with Gasteiger partial charge in [0.05, 0.1) is 18.4 Å². The molecule has 5 nitrogen and oxygen atoms in total. The molecule has 0 aliphatic rings. The van der Waals surface area contributed by atoms with E-state index in [0.29, 0.717) is 0 Å². The molecule has 3 N–H and O–H groups in total. The lowest BCUT2D eigenvalue weighted by molar-refractivity contribution is 0.0602. The molecule has 110 valence electrons. The van der Waals surface area contributed by atoms with E-state index in [1.807, 2.05) is 19.1 Å². The minimum absolute atomic E-state index is 0.0430. The van der Waals surface area contributed by atoms with E-state index in [0.717, 1.165) is 11.6 Å². The number of hydrogen-bond donors (Lipinski definition) is 2. The molecule has 1 aromatic heterocycles. The van der Waals surface area contributed by atoms with Gasteiger partial charge in [0.1, 0.15) is 5.82 Å². The number of rotatable bonds is 4. The van der Waals surface area contributed by atoms with Crippen molar-refractivity contribution in [3.63, 3.8) is 0 Å². The second-order valence-corrected chi connectivity index (χ2v) is 4.56. The van der Waals surface area contributed by atoms with Gasteiger partial charge >= 0.3 is 5.97 Å². The van der Waals surface area contributed by atoms with Crippen molar-refractivity contribution in [3.05, 3.63) is 53.6 Å². The quantitative estimate of drug-likeness (QED) is 0.668. The third kappa shape index (κ3) is 3.28. The van der Waals surface area contributed by atoms with E-state index < -0.39 is 11.8 Å². The molecular formula is C15H16FN3O2. The monoisotopic (exact) mass is 289 g/mol. The van der Waals surface area contributed by atoms with Crippen LogP contribution in [0, 0.1) is 5.82 Å². The normalized spacial score (nSPS) is 11.8. The smallest absolute Gasteiger partial charge is 0.340 e. The van der Waals surface area contributed by atoms with Crippen molar-refractivity contribution in [1.82, 2.24) is 4.98 Å². The molecule has 0 amide bonds. The van der Waals surface area contributed by atoms with Crippen LogP contribution in [0.4, 0.5) is 15.8 Å². The van der Waals surface area contributed by atoms with Crippen LogP contribution >= 0.6 is 0 Å². The highest BCUT2D eigenvalue weighted by molar-refractivity contribution is 5.96. The maximum Gasteiger partial charge on any atom is 0.340 e. The Morgan fingerprint density at radius 1 is 1.38 bits per heavy atom. The van der Waals surface area contributed by atoms with Crippen LogP contribution in [0.15, 0.2) is 36.7 Å². The third-order valence-corrected chi connectivity index (χ3v) is 3.12. The van der Waals surface area contributed by atoms with Gasteiger partial charge in [-0.25, -0.2) is 9.18 Å². The van der Waals surface area contributed by atoms with Gasteiger partial charge in [0.15, 0.2) is 0 Å². The van der Waals surface area contributed by atoms with Gasteiger partial charge in [0, 0.05) is 24.1 Å². The first-order chi connectivity index (χ1) is 10.0. The van der Waals surface area contributed by atoms with Gasteiger partial charge in [0.2, 0.25) is 0 Å². The zero-order valence-electron chi connectivity index (χ0n) is 11.8. The SMILES string of the molecule is COC(=O)c1cc(NC(C)c2ccncc2)c(F)cc1N. The van der Waals surface area contributed by atoms with Crippen LogP contribution in [0.1, 0.15) is 28.9 Å². The fraction of sp³-hybridized carbons (Fsp3) is 0.200. The second kappa shape index (κ2) is 6.21. The highest BCUT2D eigenvalue weighted by Gasteiger charge is 2.16. The van der Waals surface area contributed by atoms with Crippen molar-refractivity contribution in [2.45, 2.75) is 13.0 Å². The molecule has 0 spiro atoms. The molecule has 1 atom stereocenters. The van der Waals surface area contributed by atoms with Gasteiger partial charge in [-0.1, -0.05) is 0 Å². The second-order valence-electron chi connectivity index (χ2n) is 4.56. The Kier molecular flexibility index (Phi) is 4.37. The number of ether oxygens (including phenoxy) is 1. The third-order valence-electron chi connectivity index (χ3n) is 3.12. The lowest BCUT2D eigenvalue weighted by atomic mass is 10.1. The molecule has 1 unspecified atom stereocenters. The number of nitrogen functional groups attached to an aromatic ring is 1. The molecule has 0 saturated heterocycles. The lowest BCUT2D eigenvalue weighted by Crippen LogP contribution is -2.11. The number of benzene rings is 1. The van der Waals surface area contributed by atoms with Crippen molar-refractivity contribution in [2.24, 2.45) is 0 Å². The van der Waals surface area contributed by atoms with Gasteiger partial charge in [-0.15, -0.1) is 0 Å². The molecule has 0 saturated carbocycles. The summed E-state index contributed by atoms with van der Waals surface area (Å²) in [4.78, 5) is 15.5. The molecule has 21 heavy (non-hydrogen) atoms. The summed E-state index contributed by atoms with van der Waals surface area (Å²) in [5.41, 5.74) is 6.94. The number of esters is 1. The number of nitrogens with one attached hydrogen (secondary N) is 1. The number of carbonyl (C=O) groups excluding carboxylic acids is 1. The summed E-state index contributed by atoms with van der Waals surface area (Å²) in [7, 11) is 1.25. The molecule has 0 radical (unpaired) electrons. The van der Waals surface area contributed by atoms with Gasteiger partial charge in [-0.3, -0.25) is 4.98 Å². The summed E-state index contributed by atoms with van der Waals surface area (Å²) in [5.74, 6) is -1.13. The van der Waals surface area contributed by atoms with Crippen LogP contribution in [0.2, 0.25) is 0 Å². The zero-order chi connectivity index (χ0) is 15.4. The lowest BCUT2D eigenvalue weighted by Gasteiger charge is -2.17. The van der Waals surface area contributed by atoms with E-state index in [1.54, 1.807) is 12.4 Å². The summed E-state index contributed by atoms with van der Waals surface area (Å²) in [5, 5.41) is 3.01. The molecule has 0 aliphatic heterocycles. The summed E-state index contributed by atoms with van der Waals surface area (Å²) in [6.45, 7) is 1.88. The number of pyridine rings is 1. The molecule has 0 aliphatic carbocycles. The maximum absolute atomic E-state index is 14.0. The largest absolute Gasteiger partial charge is 0.465 e. The minimum Gasteiger partial charge on any atom is -0.465 e. The molecule has 1 heterocycles. The van der Waals surface area contributed by atoms with Crippen molar-refractivity contribution >= 4 is 17.3 Å². The number of carbonyl (C=O) groups is 1. The average molecular weight is 289 g/mol. The first-order valence-corrected chi connectivity index (χ1v) is 6.36. The van der Waals surface area contributed by atoms with E-state index in [4.69, 9.17) is 5.73 Å².